The Morgan fingerprint density at radius 2 is 2.11 bits per heavy atom. The van der Waals surface area contributed by atoms with Gasteiger partial charge in [-0.3, -0.25) is 0 Å². The monoisotopic (exact) mass is 267 g/mol. The van der Waals surface area contributed by atoms with E-state index in [2.05, 4.69) is 0 Å². The number of halogens is 1. The van der Waals surface area contributed by atoms with Crippen LogP contribution in [0.4, 0.5) is 9.18 Å². The first-order chi connectivity index (χ1) is 8.76. The highest BCUT2D eigenvalue weighted by Gasteiger charge is 2.27. The van der Waals surface area contributed by atoms with Crippen LogP contribution >= 0.6 is 0 Å². The summed E-state index contributed by atoms with van der Waals surface area (Å²) in [5, 5.41) is 9.41. The van der Waals surface area contributed by atoms with Gasteiger partial charge in [0.25, 0.3) is 0 Å². The van der Waals surface area contributed by atoms with Gasteiger partial charge in [0.1, 0.15) is 17.2 Å². The molecule has 19 heavy (non-hydrogen) atoms. The predicted molar refractivity (Wildman–Crippen MR) is 68.4 cm³/mol. The van der Waals surface area contributed by atoms with Gasteiger partial charge in [0.15, 0.2) is 0 Å². The van der Waals surface area contributed by atoms with E-state index in [1.54, 1.807) is 20.8 Å². The summed E-state index contributed by atoms with van der Waals surface area (Å²) in [4.78, 5) is 13.5. The van der Waals surface area contributed by atoms with Crippen LogP contribution in [0.25, 0.3) is 0 Å². The van der Waals surface area contributed by atoms with Gasteiger partial charge in [-0.05, 0) is 44.4 Å². The molecule has 0 spiro atoms. The molecule has 0 saturated heterocycles. The molecule has 0 aliphatic carbocycles. The molecule has 1 aromatic carbocycles. The molecule has 4 nitrogen and oxygen atoms in total. The smallest absolute Gasteiger partial charge is 0.410 e. The first-order valence-electron chi connectivity index (χ1n) is 6.24. The summed E-state index contributed by atoms with van der Waals surface area (Å²) in [5.41, 5.74) is 0.647. The number of ether oxygens (including phenoxy) is 1. The number of carbonyl (C=O) groups is 1. The lowest BCUT2D eigenvalue weighted by Gasteiger charge is -2.31. The number of carbonyl (C=O) groups excluding carboxylic acids is 1. The average Bonchev–Trinajstić information content (AvgIpc) is 2.25. The van der Waals surface area contributed by atoms with Gasteiger partial charge in [-0.15, -0.1) is 0 Å². The topological polar surface area (TPSA) is 49.8 Å². The van der Waals surface area contributed by atoms with E-state index in [-0.39, 0.29) is 12.3 Å². The summed E-state index contributed by atoms with van der Waals surface area (Å²) in [6.07, 6.45) is 0.0163. The van der Waals surface area contributed by atoms with Crippen LogP contribution in [0.3, 0.4) is 0 Å². The lowest BCUT2D eigenvalue weighted by Crippen LogP contribution is -2.40. The normalized spacial score (nSPS) is 15.1. The highest BCUT2D eigenvalue weighted by molar-refractivity contribution is 5.68. The Balaban J connectivity index is 2.16. The minimum atomic E-state index is -0.554. The van der Waals surface area contributed by atoms with Crippen molar-refractivity contribution in [1.82, 2.24) is 4.90 Å². The SMILES string of the molecule is CC(C)(C)OC(=O)N1CCc2c(F)cc(O)cc2C1. The molecule has 104 valence electrons. The van der Waals surface area contributed by atoms with Crippen molar-refractivity contribution in [3.05, 3.63) is 29.1 Å². The Bertz CT molecular complexity index is 508. The third kappa shape index (κ3) is 3.16. The highest BCUT2D eigenvalue weighted by Crippen LogP contribution is 2.27. The average molecular weight is 267 g/mol. The Morgan fingerprint density at radius 3 is 2.74 bits per heavy atom. The quantitative estimate of drug-likeness (QED) is 0.786. The zero-order chi connectivity index (χ0) is 14.2. The van der Waals surface area contributed by atoms with Crippen LogP contribution in [0.2, 0.25) is 0 Å². The zero-order valence-electron chi connectivity index (χ0n) is 11.4. The van der Waals surface area contributed by atoms with Crippen LogP contribution in [0.1, 0.15) is 31.9 Å². The van der Waals surface area contributed by atoms with Crippen molar-refractivity contribution in [2.24, 2.45) is 0 Å². The Labute approximate surface area is 111 Å². The second-order valence-electron chi connectivity index (χ2n) is 5.72. The molecule has 1 amide bonds. The summed E-state index contributed by atoms with van der Waals surface area (Å²) >= 11 is 0. The van der Waals surface area contributed by atoms with E-state index in [4.69, 9.17) is 4.74 Å². The number of phenols is 1. The number of nitrogens with zero attached hydrogens (tertiary/aromatic N) is 1. The number of benzene rings is 1. The van der Waals surface area contributed by atoms with Gasteiger partial charge in [0.2, 0.25) is 0 Å². The zero-order valence-corrected chi connectivity index (χ0v) is 11.4. The molecule has 1 aliphatic rings. The van der Waals surface area contributed by atoms with E-state index in [1.165, 1.54) is 11.0 Å². The second-order valence-corrected chi connectivity index (χ2v) is 5.72. The van der Waals surface area contributed by atoms with Crippen LogP contribution < -0.4 is 0 Å². The van der Waals surface area contributed by atoms with Crippen molar-refractivity contribution in [1.29, 1.82) is 0 Å². The molecule has 0 radical (unpaired) electrons. The van der Waals surface area contributed by atoms with E-state index in [0.29, 0.717) is 24.1 Å². The fourth-order valence-corrected chi connectivity index (χ4v) is 2.11. The minimum absolute atomic E-state index is 0.123. The Kier molecular flexibility index (Phi) is 3.39. The number of aromatic hydroxyl groups is 1. The predicted octanol–water partition coefficient (Wildman–Crippen LogP) is 2.82. The van der Waals surface area contributed by atoms with Gasteiger partial charge in [-0.25, -0.2) is 9.18 Å². The van der Waals surface area contributed by atoms with Gasteiger partial charge < -0.3 is 14.7 Å². The highest BCUT2D eigenvalue weighted by atomic mass is 19.1. The Morgan fingerprint density at radius 1 is 1.42 bits per heavy atom. The fraction of sp³-hybridized carbons (Fsp3) is 0.500. The van der Waals surface area contributed by atoms with E-state index in [1.807, 2.05) is 0 Å². The number of phenolic OH excluding ortho intramolecular Hbond substituents is 1. The third-order valence-electron chi connectivity index (χ3n) is 2.92. The van der Waals surface area contributed by atoms with Gasteiger partial charge in [-0.2, -0.15) is 0 Å². The van der Waals surface area contributed by atoms with Gasteiger partial charge in [-0.1, -0.05) is 0 Å². The van der Waals surface area contributed by atoms with Crippen molar-refractivity contribution in [3.8, 4) is 5.75 Å². The van der Waals surface area contributed by atoms with Gasteiger partial charge in [0, 0.05) is 19.2 Å². The number of fused-ring (bicyclic) bond motifs is 1. The summed E-state index contributed by atoms with van der Waals surface area (Å²) in [7, 11) is 0. The standard InChI is InChI=1S/C14H18FNO3/c1-14(2,3)19-13(18)16-5-4-11-9(8-16)6-10(17)7-12(11)15/h6-7,17H,4-5,8H2,1-3H3. The van der Waals surface area contributed by atoms with Crippen molar-refractivity contribution in [2.75, 3.05) is 6.54 Å². The molecule has 1 N–H and O–H groups in total. The molecule has 0 bridgehead atoms. The second kappa shape index (κ2) is 4.72. The molecule has 0 unspecified atom stereocenters. The summed E-state index contributed by atoms with van der Waals surface area (Å²) < 4.78 is 18.9. The largest absolute Gasteiger partial charge is 0.508 e. The fourth-order valence-electron chi connectivity index (χ4n) is 2.11. The number of rotatable bonds is 0. The first-order valence-corrected chi connectivity index (χ1v) is 6.24. The maximum atomic E-state index is 13.6. The number of hydrogen-bond acceptors (Lipinski definition) is 3. The van der Waals surface area contributed by atoms with E-state index in [9.17, 15) is 14.3 Å². The molecule has 5 heteroatoms. The van der Waals surface area contributed by atoms with Crippen LogP contribution in [0.15, 0.2) is 12.1 Å². The maximum absolute atomic E-state index is 13.6. The van der Waals surface area contributed by atoms with E-state index in [0.717, 1.165) is 6.07 Å². The van der Waals surface area contributed by atoms with Crippen LogP contribution in [0.5, 0.6) is 5.75 Å². The molecule has 1 aromatic rings. The lowest BCUT2D eigenvalue weighted by atomic mass is 9.99. The van der Waals surface area contributed by atoms with Crippen molar-refractivity contribution >= 4 is 6.09 Å². The van der Waals surface area contributed by atoms with Crippen molar-refractivity contribution in [2.45, 2.75) is 39.3 Å². The molecule has 1 aliphatic heterocycles. The summed E-state index contributed by atoms with van der Waals surface area (Å²) in [5.74, 6) is -0.541. The Hall–Kier alpha value is -1.78. The van der Waals surface area contributed by atoms with Crippen molar-refractivity contribution < 1.29 is 19.0 Å². The van der Waals surface area contributed by atoms with Crippen LogP contribution in [-0.4, -0.2) is 28.2 Å². The lowest BCUT2D eigenvalue weighted by molar-refractivity contribution is 0.0222. The molecule has 0 atom stereocenters. The molecule has 0 aromatic heterocycles. The minimum Gasteiger partial charge on any atom is -0.508 e. The molecule has 0 fully saturated rings. The summed E-state index contributed by atoms with van der Waals surface area (Å²) in [6, 6.07) is 2.59. The third-order valence-corrected chi connectivity index (χ3v) is 2.92. The molecule has 1 heterocycles. The van der Waals surface area contributed by atoms with Gasteiger partial charge in [0.05, 0.1) is 0 Å². The molecular formula is C14H18FNO3. The van der Waals surface area contributed by atoms with Crippen LogP contribution in [-0.2, 0) is 17.7 Å². The van der Waals surface area contributed by atoms with Crippen molar-refractivity contribution in [3.63, 3.8) is 0 Å². The molecule has 0 saturated carbocycles. The molecule has 2 rings (SSSR count). The first kappa shape index (κ1) is 13.6. The van der Waals surface area contributed by atoms with Crippen LogP contribution in [0, 0.1) is 5.82 Å². The summed E-state index contributed by atoms with van der Waals surface area (Å²) in [6.45, 7) is 6.08. The van der Waals surface area contributed by atoms with E-state index < -0.39 is 17.5 Å². The van der Waals surface area contributed by atoms with Gasteiger partial charge >= 0.3 is 6.09 Å². The molecular weight excluding hydrogens is 249 g/mol. The number of hydrogen-bond donors (Lipinski definition) is 1. The number of amides is 1. The van der Waals surface area contributed by atoms with E-state index >= 15 is 0 Å². The maximum Gasteiger partial charge on any atom is 0.410 e.